The molecule has 0 fully saturated rings. The summed E-state index contributed by atoms with van der Waals surface area (Å²) in [5.41, 5.74) is 2.40. The number of hydrogen-bond acceptors (Lipinski definition) is 4. The van der Waals surface area contributed by atoms with Crippen molar-refractivity contribution in [2.75, 3.05) is 11.9 Å². The van der Waals surface area contributed by atoms with Gasteiger partial charge in [0.2, 0.25) is 5.95 Å². The number of carbonyl (C=O) groups excluding carboxylic acids is 1. The second kappa shape index (κ2) is 6.45. The van der Waals surface area contributed by atoms with E-state index in [1.54, 1.807) is 16.8 Å². The summed E-state index contributed by atoms with van der Waals surface area (Å²) < 4.78 is 1.74. The van der Waals surface area contributed by atoms with Crippen molar-refractivity contribution in [3.63, 3.8) is 0 Å². The first-order valence-electron chi connectivity index (χ1n) is 7.46. The van der Waals surface area contributed by atoms with Gasteiger partial charge in [-0.2, -0.15) is 10.1 Å². The number of anilines is 1. The molecule has 126 valence electrons. The van der Waals surface area contributed by atoms with Crippen molar-refractivity contribution in [2.45, 2.75) is 26.4 Å². The summed E-state index contributed by atoms with van der Waals surface area (Å²) in [7, 11) is 1.87. The smallest absolute Gasteiger partial charge is 0.251 e. The van der Waals surface area contributed by atoms with Gasteiger partial charge in [0.1, 0.15) is 6.33 Å². The number of nitrogens with zero attached hydrogens (tertiary/aromatic N) is 4. The topological polar surface area (TPSA) is 63.1 Å². The Labute approximate surface area is 150 Å². The molecule has 0 radical (unpaired) electrons. The first kappa shape index (κ1) is 16.8. The normalized spacial score (nSPS) is 17.0. The Hall–Kier alpha value is -2.05. The molecule has 8 heteroatoms. The van der Waals surface area contributed by atoms with E-state index in [1.807, 2.05) is 31.9 Å². The molecule has 2 heterocycles. The van der Waals surface area contributed by atoms with Crippen molar-refractivity contribution >= 4 is 35.1 Å². The minimum Gasteiger partial charge on any atom is -0.348 e. The van der Waals surface area contributed by atoms with Crippen LogP contribution in [0, 0.1) is 0 Å². The van der Waals surface area contributed by atoms with Crippen LogP contribution in [0.5, 0.6) is 0 Å². The quantitative estimate of drug-likeness (QED) is 0.906. The molecule has 0 saturated carbocycles. The van der Waals surface area contributed by atoms with E-state index in [0.29, 0.717) is 22.2 Å². The molecule has 1 aliphatic heterocycles. The number of allylic oxidation sites excluding steroid dienone is 1. The Morgan fingerprint density at radius 2 is 2.08 bits per heavy atom. The van der Waals surface area contributed by atoms with Gasteiger partial charge in [0.25, 0.3) is 5.91 Å². The van der Waals surface area contributed by atoms with Crippen molar-refractivity contribution in [1.82, 2.24) is 20.1 Å². The van der Waals surface area contributed by atoms with Gasteiger partial charge < -0.3 is 10.2 Å². The van der Waals surface area contributed by atoms with Gasteiger partial charge in [0.15, 0.2) is 0 Å². The van der Waals surface area contributed by atoms with Crippen LogP contribution < -0.4 is 10.2 Å². The van der Waals surface area contributed by atoms with Gasteiger partial charge in [-0.1, -0.05) is 29.3 Å². The maximum atomic E-state index is 12.7. The lowest BCUT2D eigenvalue weighted by atomic mass is 10.0. The Morgan fingerprint density at radius 1 is 1.33 bits per heavy atom. The van der Waals surface area contributed by atoms with E-state index < -0.39 is 0 Å². The molecule has 1 aromatic carbocycles. The number of fused-ring (bicyclic) bond motifs is 1. The first-order valence-corrected chi connectivity index (χ1v) is 8.22. The largest absolute Gasteiger partial charge is 0.348 e. The molecule has 1 aliphatic rings. The minimum absolute atomic E-state index is 0.140. The number of amides is 1. The lowest BCUT2D eigenvalue weighted by molar-refractivity contribution is -0.118. The predicted octanol–water partition coefficient (Wildman–Crippen LogP) is 3.19. The number of carbonyl (C=O) groups is 1. The van der Waals surface area contributed by atoms with Crippen LogP contribution in [0.2, 0.25) is 10.0 Å². The molecule has 24 heavy (non-hydrogen) atoms. The zero-order valence-electron chi connectivity index (χ0n) is 13.5. The van der Waals surface area contributed by atoms with E-state index in [0.717, 1.165) is 17.2 Å². The number of benzene rings is 1. The Balaban J connectivity index is 1.79. The number of rotatable bonds is 3. The minimum atomic E-state index is -0.187. The van der Waals surface area contributed by atoms with Crippen molar-refractivity contribution in [1.29, 1.82) is 0 Å². The molecule has 1 amide bonds. The number of nitrogens with one attached hydrogen (secondary N) is 1. The first-order chi connectivity index (χ1) is 11.4. The molecule has 0 spiro atoms. The van der Waals surface area contributed by atoms with Crippen LogP contribution in [0.1, 0.15) is 25.5 Å². The van der Waals surface area contributed by atoms with Gasteiger partial charge in [0.05, 0.1) is 21.7 Å². The van der Waals surface area contributed by atoms with E-state index in [-0.39, 0.29) is 11.9 Å². The van der Waals surface area contributed by atoms with Gasteiger partial charge in [-0.3, -0.25) is 4.79 Å². The Morgan fingerprint density at radius 3 is 2.79 bits per heavy atom. The van der Waals surface area contributed by atoms with Crippen molar-refractivity contribution in [3.8, 4) is 0 Å². The van der Waals surface area contributed by atoms with Gasteiger partial charge in [-0.25, -0.2) is 4.68 Å². The third-order valence-electron chi connectivity index (χ3n) is 4.21. The van der Waals surface area contributed by atoms with E-state index in [4.69, 9.17) is 23.2 Å². The van der Waals surface area contributed by atoms with E-state index in [2.05, 4.69) is 15.4 Å². The van der Waals surface area contributed by atoms with Crippen LogP contribution in [-0.4, -0.2) is 27.7 Å². The summed E-state index contributed by atoms with van der Waals surface area (Å²) in [5, 5.41) is 8.11. The SMILES string of the molecule is CC1=C(C(=O)NCc2ccc(Cl)c(Cl)c2)C(C)n2ncnc2N1C. The summed E-state index contributed by atoms with van der Waals surface area (Å²) in [6, 6.07) is 5.11. The molecule has 1 N–H and O–H groups in total. The standard InChI is InChI=1S/C16H17Cl2N5O/c1-9-14(10(2)23-16(22(9)3)20-8-21-23)15(24)19-7-11-4-5-12(17)13(18)6-11/h4-6,8,10H,7H2,1-3H3,(H,19,24). The highest BCUT2D eigenvalue weighted by molar-refractivity contribution is 6.42. The predicted molar refractivity (Wildman–Crippen MR) is 94.1 cm³/mol. The van der Waals surface area contributed by atoms with Crippen LogP contribution in [0.25, 0.3) is 0 Å². The third-order valence-corrected chi connectivity index (χ3v) is 4.95. The fourth-order valence-corrected chi connectivity index (χ4v) is 3.11. The van der Waals surface area contributed by atoms with E-state index in [9.17, 15) is 4.79 Å². The monoisotopic (exact) mass is 365 g/mol. The highest BCUT2D eigenvalue weighted by atomic mass is 35.5. The van der Waals surface area contributed by atoms with Gasteiger partial charge in [-0.05, 0) is 31.5 Å². The fraction of sp³-hybridized carbons (Fsp3) is 0.312. The second-order valence-electron chi connectivity index (χ2n) is 5.67. The van der Waals surface area contributed by atoms with Crippen molar-refractivity contribution in [2.24, 2.45) is 0 Å². The molecular formula is C16H17Cl2N5O. The zero-order valence-corrected chi connectivity index (χ0v) is 15.1. The molecule has 1 aromatic heterocycles. The Bertz CT molecular complexity index is 830. The summed E-state index contributed by atoms with van der Waals surface area (Å²) >= 11 is 11.9. The lowest BCUT2D eigenvalue weighted by Crippen LogP contribution is -2.36. The number of hydrogen-bond donors (Lipinski definition) is 1. The summed E-state index contributed by atoms with van der Waals surface area (Å²) in [6.07, 6.45) is 1.49. The summed E-state index contributed by atoms with van der Waals surface area (Å²) in [5.74, 6) is 0.583. The molecule has 0 bridgehead atoms. The lowest BCUT2D eigenvalue weighted by Gasteiger charge is -2.31. The number of halogens is 2. The van der Waals surface area contributed by atoms with Gasteiger partial charge in [0, 0.05) is 19.3 Å². The maximum absolute atomic E-state index is 12.7. The molecule has 3 rings (SSSR count). The molecule has 2 aromatic rings. The van der Waals surface area contributed by atoms with Gasteiger partial charge >= 0.3 is 0 Å². The highest BCUT2D eigenvalue weighted by Crippen LogP contribution is 2.32. The van der Waals surface area contributed by atoms with Crippen LogP contribution in [-0.2, 0) is 11.3 Å². The number of aromatic nitrogens is 3. The molecule has 0 saturated heterocycles. The molecule has 0 aliphatic carbocycles. The van der Waals surface area contributed by atoms with E-state index in [1.165, 1.54) is 6.33 Å². The second-order valence-corrected chi connectivity index (χ2v) is 6.48. The molecule has 1 atom stereocenters. The maximum Gasteiger partial charge on any atom is 0.251 e. The zero-order chi connectivity index (χ0) is 17.4. The molecular weight excluding hydrogens is 349 g/mol. The highest BCUT2D eigenvalue weighted by Gasteiger charge is 2.31. The van der Waals surface area contributed by atoms with Crippen LogP contribution in [0.15, 0.2) is 35.8 Å². The van der Waals surface area contributed by atoms with Crippen LogP contribution in [0.3, 0.4) is 0 Å². The Kier molecular flexibility index (Phi) is 4.51. The molecule has 1 unspecified atom stereocenters. The van der Waals surface area contributed by atoms with Crippen molar-refractivity contribution < 1.29 is 4.79 Å². The van der Waals surface area contributed by atoms with Crippen LogP contribution >= 0.6 is 23.2 Å². The van der Waals surface area contributed by atoms with Crippen molar-refractivity contribution in [3.05, 3.63) is 51.4 Å². The average Bonchev–Trinajstić information content (AvgIpc) is 3.04. The average molecular weight is 366 g/mol. The fourth-order valence-electron chi connectivity index (χ4n) is 2.79. The van der Waals surface area contributed by atoms with Gasteiger partial charge in [-0.15, -0.1) is 0 Å². The van der Waals surface area contributed by atoms with E-state index >= 15 is 0 Å². The molecule has 6 nitrogen and oxygen atoms in total. The summed E-state index contributed by atoms with van der Waals surface area (Å²) in [4.78, 5) is 18.8. The summed E-state index contributed by atoms with van der Waals surface area (Å²) in [6.45, 7) is 4.21. The van der Waals surface area contributed by atoms with Crippen LogP contribution in [0.4, 0.5) is 5.95 Å². The third kappa shape index (κ3) is 2.87.